The fourth-order valence-electron chi connectivity index (χ4n) is 3.69. The molecule has 0 atom stereocenters. The Bertz CT molecular complexity index is 934. The standard InChI is InChI=1S/C22H24BrClN2O/c1-6-26-20-11-21(27-5)15(9-17(20)14(2)12-22(26,3)4)13-25-16-7-8-18(23)19(24)10-16/h7-13H,6H2,1-5H3. The number of hydrogen-bond acceptors (Lipinski definition) is 3. The number of aliphatic imine (C=N–C) groups is 1. The van der Waals surface area contributed by atoms with Crippen LogP contribution >= 0.6 is 27.5 Å². The summed E-state index contributed by atoms with van der Waals surface area (Å²) in [7, 11) is 1.70. The van der Waals surface area contributed by atoms with Gasteiger partial charge in [-0.3, -0.25) is 4.99 Å². The molecule has 0 saturated carbocycles. The first-order valence-electron chi connectivity index (χ1n) is 8.95. The number of methoxy groups -OCH3 is 1. The number of benzene rings is 2. The lowest BCUT2D eigenvalue weighted by Gasteiger charge is -2.43. The van der Waals surface area contributed by atoms with E-state index in [2.05, 4.69) is 71.7 Å². The molecule has 0 fully saturated rings. The highest BCUT2D eigenvalue weighted by molar-refractivity contribution is 9.10. The van der Waals surface area contributed by atoms with Gasteiger partial charge in [-0.2, -0.15) is 0 Å². The summed E-state index contributed by atoms with van der Waals surface area (Å²) in [5.41, 5.74) is 5.39. The van der Waals surface area contributed by atoms with Crippen LogP contribution in [-0.2, 0) is 0 Å². The third kappa shape index (κ3) is 3.92. The summed E-state index contributed by atoms with van der Waals surface area (Å²) >= 11 is 9.57. The van der Waals surface area contributed by atoms with Crippen LogP contribution < -0.4 is 9.64 Å². The quantitative estimate of drug-likeness (QED) is 0.477. The fraction of sp³-hybridized carbons (Fsp3) is 0.318. The Morgan fingerprint density at radius 2 is 2.00 bits per heavy atom. The monoisotopic (exact) mass is 446 g/mol. The van der Waals surface area contributed by atoms with Gasteiger partial charge in [-0.15, -0.1) is 0 Å². The molecular formula is C22H24BrClN2O. The minimum absolute atomic E-state index is 0.0272. The predicted octanol–water partition coefficient (Wildman–Crippen LogP) is 6.88. The molecule has 0 aromatic heterocycles. The van der Waals surface area contributed by atoms with Crippen LogP contribution in [0.1, 0.15) is 38.8 Å². The number of hydrogen-bond donors (Lipinski definition) is 0. The van der Waals surface area contributed by atoms with Crippen molar-refractivity contribution in [2.45, 2.75) is 33.2 Å². The predicted molar refractivity (Wildman–Crippen MR) is 120 cm³/mol. The van der Waals surface area contributed by atoms with Gasteiger partial charge in [0.15, 0.2) is 0 Å². The molecule has 0 radical (unpaired) electrons. The number of likely N-dealkylation sites (N-methyl/N-ethyl adjacent to an activating group) is 1. The van der Waals surface area contributed by atoms with Gasteiger partial charge in [0.25, 0.3) is 0 Å². The second kappa shape index (κ2) is 7.69. The van der Waals surface area contributed by atoms with Crippen molar-refractivity contribution in [1.82, 2.24) is 0 Å². The number of rotatable bonds is 4. The molecule has 0 amide bonds. The van der Waals surface area contributed by atoms with Crippen LogP contribution in [0, 0.1) is 0 Å². The second-order valence-electron chi connectivity index (χ2n) is 7.19. The minimum atomic E-state index is -0.0272. The van der Waals surface area contributed by atoms with E-state index in [4.69, 9.17) is 16.3 Å². The molecule has 1 aliphatic heterocycles. The van der Waals surface area contributed by atoms with Gasteiger partial charge in [0.05, 0.1) is 23.4 Å². The van der Waals surface area contributed by atoms with Crippen molar-refractivity contribution in [2.24, 2.45) is 4.99 Å². The van der Waals surface area contributed by atoms with Crippen molar-refractivity contribution in [1.29, 1.82) is 0 Å². The summed E-state index contributed by atoms with van der Waals surface area (Å²) in [6.07, 6.45) is 4.16. The van der Waals surface area contributed by atoms with Crippen LogP contribution in [-0.4, -0.2) is 25.4 Å². The largest absolute Gasteiger partial charge is 0.496 e. The minimum Gasteiger partial charge on any atom is -0.496 e. The third-order valence-electron chi connectivity index (χ3n) is 4.90. The Labute approximate surface area is 174 Å². The van der Waals surface area contributed by atoms with Crippen molar-refractivity contribution in [3.63, 3.8) is 0 Å². The molecule has 2 aromatic rings. The first-order chi connectivity index (χ1) is 12.8. The molecule has 1 heterocycles. The molecule has 142 valence electrons. The Balaban J connectivity index is 2.06. The number of allylic oxidation sites excluding steroid dienone is 1. The maximum absolute atomic E-state index is 6.17. The summed E-state index contributed by atoms with van der Waals surface area (Å²) in [6, 6.07) is 9.92. The zero-order chi connectivity index (χ0) is 19.8. The molecule has 5 heteroatoms. The van der Waals surface area contributed by atoms with E-state index >= 15 is 0 Å². The van der Waals surface area contributed by atoms with Crippen LogP contribution in [0.25, 0.3) is 5.57 Å². The van der Waals surface area contributed by atoms with Gasteiger partial charge in [0, 0.05) is 40.1 Å². The lowest BCUT2D eigenvalue weighted by Crippen LogP contribution is -2.44. The number of nitrogens with zero attached hydrogens (tertiary/aromatic N) is 2. The highest BCUT2D eigenvalue weighted by atomic mass is 79.9. The Kier molecular flexibility index (Phi) is 5.68. The van der Waals surface area contributed by atoms with E-state index in [1.165, 1.54) is 16.8 Å². The van der Waals surface area contributed by atoms with Gasteiger partial charge < -0.3 is 9.64 Å². The molecule has 0 spiro atoms. The van der Waals surface area contributed by atoms with Crippen molar-refractivity contribution >= 4 is 50.7 Å². The van der Waals surface area contributed by atoms with Crippen molar-refractivity contribution in [3.8, 4) is 5.75 Å². The lowest BCUT2D eigenvalue weighted by atomic mass is 9.88. The normalized spacial score (nSPS) is 15.7. The zero-order valence-electron chi connectivity index (χ0n) is 16.3. The SMILES string of the molecule is CCN1c2cc(OC)c(C=Nc3ccc(Br)c(Cl)c3)cc2C(C)=CC1(C)C. The molecule has 3 nitrogen and oxygen atoms in total. The van der Waals surface area contributed by atoms with E-state index in [9.17, 15) is 0 Å². The molecule has 0 aliphatic carbocycles. The fourth-order valence-corrected chi connectivity index (χ4v) is 4.11. The maximum atomic E-state index is 6.17. The van der Waals surface area contributed by atoms with E-state index in [1.807, 2.05) is 24.4 Å². The van der Waals surface area contributed by atoms with Crippen LogP contribution in [0.3, 0.4) is 0 Å². The van der Waals surface area contributed by atoms with Crippen LogP contribution in [0.15, 0.2) is 45.9 Å². The van der Waals surface area contributed by atoms with E-state index in [-0.39, 0.29) is 5.54 Å². The number of fused-ring (bicyclic) bond motifs is 1. The number of anilines is 1. The van der Waals surface area contributed by atoms with E-state index in [0.717, 1.165) is 28.0 Å². The Morgan fingerprint density at radius 3 is 2.63 bits per heavy atom. The molecule has 0 N–H and O–H groups in total. The summed E-state index contributed by atoms with van der Waals surface area (Å²) in [4.78, 5) is 6.98. The topological polar surface area (TPSA) is 24.8 Å². The van der Waals surface area contributed by atoms with Gasteiger partial charge in [-0.25, -0.2) is 0 Å². The number of halogens is 2. The zero-order valence-corrected chi connectivity index (χ0v) is 18.6. The van der Waals surface area contributed by atoms with Crippen molar-refractivity contribution < 1.29 is 4.74 Å². The van der Waals surface area contributed by atoms with Gasteiger partial charge in [-0.1, -0.05) is 17.7 Å². The molecular weight excluding hydrogens is 424 g/mol. The van der Waals surface area contributed by atoms with Crippen LogP contribution in [0.4, 0.5) is 11.4 Å². The molecule has 0 bridgehead atoms. The van der Waals surface area contributed by atoms with Crippen LogP contribution in [0.2, 0.25) is 5.02 Å². The van der Waals surface area contributed by atoms with Gasteiger partial charge in [0.1, 0.15) is 5.75 Å². The molecule has 3 rings (SSSR count). The smallest absolute Gasteiger partial charge is 0.129 e. The molecule has 1 aliphatic rings. The van der Waals surface area contributed by atoms with Crippen molar-refractivity contribution in [3.05, 3.63) is 57.0 Å². The average Bonchev–Trinajstić information content (AvgIpc) is 2.61. The molecule has 27 heavy (non-hydrogen) atoms. The van der Waals surface area contributed by atoms with Gasteiger partial charge >= 0.3 is 0 Å². The van der Waals surface area contributed by atoms with Crippen molar-refractivity contribution in [2.75, 3.05) is 18.6 Å². The van der Waals surface area contributed by atoms with Crippen LogP contribution in [0.5, 0.6) is 5.75 Å². The molecule has 2 aromatic carbocycles. The summed E-state index contributed by atoms with van der Waals surface area (Å²) in [5.74, 6) is 0.810. The Morgan fingerprint density at radius 1 is 1.26 bits per heavy atom. The Hall–Kier alpha value is -1.78. The first-order valence-corrected chi connectivity index (χ1v) is 10.1. The summed E-state index contributed by atoms with van der Waals surface area (Å²) in [5, 5.41) is 0.640. The van der Waals surface area contributed by atoms with E-state index < -0.39 is 0 Å². The maximum Gasteiger partial charge on any atom is 0.129 e. The molecule has 0 unspecified atom stereocenters. The van der Waals surface area contributed by atoms with Gasteiger partial charge in [-0.05, 0) is 73.5 Å². The summed E-state index contributed by atoms with van der Waals surface area (Å²) < 4.78 is 6.53. The highest BCUT2D eigenvalue weighted by Gasteiger charge is 2.31. The highest BCUT2D eigenvalue weighted by Crippen LogP contribution is 2.41. The first kappa shape index (κ1) is 20.0. The second-order valence-corrected chi connectivity index (χ2v) is 8.45. The van der Waals surface area contributed by atoms with E-state index in [0.29, 0.717) is 5.02 Å². The number of ether oxygens (including phenoxy) is 1. The summed E-state index contributed by atoms with van der Waals surface area (Å²) in [6.45, 7) is 9.75. The van der Waals surface area contributed by atoms with Gasteiger partial charge in [0.2, 0.25) is 0 Å². The third-order valence-corrected chi connectivity index (χ3v) is 6.13. The average molecular weight is 448 g/mol. The molecule has 0 saturated heterocycles. The van der Waals surface area contributed by atoms with E-state index in [1.54, 1.807) is 7.11 Å². The lowest BCUT2D eigenvalue weighted by molar-refractivity contribution is 0.413.